The zero-order chi connectivity index (χ0) is 11.8. The van der Waals surface area contributed by atoms with Gasteiger partial charge in [0.05, 0.1) is 0 Å². The van der Waals surface area contributed by atoms with E-state index in [9.17, 15) is 9.59 Å². The maximum absolute atomic E-state index is 11.7. The Bertz CT molecular complexity index is 235. The van der Waals surface area contributed by atoms with Gasteiger partial charge in [-0.15, -0.1) is 0 Å². The summed E-state index contributed by atoms with van der Waals surface area (Å²) in [5.74, 6) is -0.783. The minimum Gasteiger partial charge on any atom is -0.348 e. The molecule has 0 aromatic carbocycles. The van der Waals surface area contributed by atoms with E-state index in [-0.39, 0.29) is 5.91 Å². The van der Waals surface area contributed by atoms with Gasteiger partial charge in [-0.2, -0.15) is 0 Å². The van der Waals surface area contributed by atoms with E-state index in [2.05, 4.69) is 12.2 Å². The number of hydrogen-bond donors (Lipinski definition) is 1. The molecule has 0 aromatic rings. The van der Waals surface area contributed by atoms with Crippen LogP contribution in [0.4, 0.5) is 0 Å². The van der Waals surface area contributed by atoms with Crippen molar-refractivity contribution < 1.29 is 9.59 Å². The Kier molecular flexibility index (Phi) is 5.90. The largest absolute Gasteiger partial charge is 0.348 e. The topological polar surface area (TPSA) is 49.4 Å². The Morgan fingerprint density at radius 3 is 2.44 bits per heavy atom. The zero-order valence-corrected chi connectivity index (χ0v) is 10.1. The van der Waals surface area contributed by atoms with E-state index < -0.39 is 5.91 Å². The molecule has 0 atom stereocenters. The molecular weight excluding hydrogens is 204 g/mol. The minimum atomic E-state index is -0.432. The van der Waals surface area contributed by atoms with Crippen LogP contribution in [0.3, 0.4) is 0 Å². The average molecular weight is 226 g/mol. The molecule has 1 heterocycles. The highest BCUT2D eigenvalue weighted by Crippen LogP contribution is 2.08. The van der Waals surface area contributed by atoms with Gasteiger partial charge in [0.15, 0.2) is 0 Å². The molecule has 2 amide bonds. The summed E-state index contributed by atoms with van der Waals surface area (Å²) in [6.45, 7) is 4.20. The van der Waals surface area contributed by atoms with E-state index in [4.69, 9.17) is 0 Å². The van der Waals surface area contributed by atoms with E-state index in [0.717, 1.165) is 45.2 Å². The van der Waals surface area contributed by atoms with Crippen LogP contribution in [0, 0.1) is 0 Å². The van der Waals surface area contributed by atoms with Crippen LogP contribution < -0.4 is 5.32 Å². The maximum Gasteiger partial charge on any atom is 0.311 e. The lowest BCUT2D eigenvalue weighted by atomic mass is 10.1. The highest BCUT2D eigenvalue weighted by atomic mass is 16.2. The van der Waals surface area contributed by atoms with Gasteiger partial charge in [-0.3, -0.25) is 9.59 Å². The number of unbranched alkanes of at least 4 members (excludes halogenated alkanes) is 2. The van der Waals surface area contributed by atoms with Crippen molar-refractivity contribution in [3.8, 4) is 0 Å². The molecule has 0 spiro atoms. The Morgan fingerprint density at radius 2 is 1.81 bits per heavy atom. The molecule has 0 unspecified atom stereocenters. The molecule has 16 heavy (non-hydrogen) atoms. The van der Waals surface area contributed by atoms with Crippen LogP contribution in [0.1, 0.15) is 45.4 Å². The number of nitrogens with one attached hydrogen (secondary N) is 1. The van der Waals surface area contributed by atoms with Gasteiger partial charge in [0.25, 0.3) is 0 Å². The Hall–Kier alpha value is -1.06. The average Bonchev–Trinajstić information content (AvgIpc) is 2.34. The summed E-state index contributed by atoms with van der Waals surface area (Å²) >= 11 is 0. The van der Waals surface area contributed by atoms with Crippen molar-refractivity contribution in [3.63, 3.8) is 0 Å². The lowest BCUT2D eigenvalue weighted by Crippen LogP contribution is -2.45. The summed E-state index contributed by atoms with van der Waals surface area (Å²) in [6, 6.07) is 0. The quantitative estimate of drug-likeness (QED) is 0.580. The van der Waals surface area contributed by atoms with Crippen LogP contribution in [-0.4, -0.2) is 36.3 Å². The Morgan fingerprint density at radius 1 is 1.12 bits per heavy atom. The molecule has 0 saturated carbocycles. The molecule has 1 fully saturated rings. The highest BCUT2D eigenvalue weighted by molar-refractivity contribution is 6.35. The second-order valence-corrected chi connectivity index (χ2v) is 4.32. The van der Waals surface area contributed by atoms with Crippen LogP contribution in [-0.2, 0) is 9.59 Å². The van der Waals surface area contributed by atoms with Crippen molar-refractivity contribution in [1.82, 2.24) is 10.2 Å². The standard InChI is InChI=1S/C12H22N2O2/c1-2-3-5-8-13-11(15)12(16)14-9-6-4-7-10-14/h2-10H2,1H3,(H,13,15). The normalized spacial score (nSPS) is 15.9. The van der Waals surface area contributed by atoms with E-state index in [0.29, 0.717) is 6.54 Å². The zero-order valence-electron chi connectivity index (χ0n) is 10.1. The first kappa shape index (κ1) is 13.0. The summed E-state index contributed by atoms with van der Waals surface area (Å²) in [5.41, 5.74) is 0. The Balaban J connectivity index is 2.21. The molecule has 0 aromatic heterocycles. The number of piperidine rings is 1. The monoisotopic (exact) mass is 226 g/mol. The van der Waals surface area contributed by atoms with Gasteiger partial charge in [-0.25, -0.2) is 0 Å². The first-order chi connectivity index (χ1) is 7.75. The number of carbonyl (C=O) groups excluding carboxylic acids is 2. The fourth-order valence-electron chi connectivity index (χ4n) is 1.89. The molecule has 4 nitrogen and oxygen atoms in total. The summed E-state index contributed by atoms with van der Waals surface area (Å²) in [6.07, 6.45) is 6.38. The molecule has 92 valence electrons. The molecule has 4 heteroatoms. The van der Waals surface area contributed by atoms with Gasteiger partial charge < -0.3 is 10.2 Å². The predicted octanol–water partition coefficient (Wildman–Crippen LogP) is 1.31. The molecule has 0 bridgehead atoms. The first-order valence-electron chi connectivity index (χ1n) is 6.32. The van der Waals surface area contributed by atoms with Gasteiger partial charge in [0, 0.05) is 19.6 Å². The van der Waals surface area contributed by atoms with E-state index in [1.807, 2.05) is 0 Å². The highest BCUT2D eigenvalue weighted by Gasteiger charge is 2.22. The van der Waals surface area contributed by atoms with E-state index >= 15 is 0 Å². The molecule has 0 radical (unpaired) electrons. The first-order valence-corrected chi connectivity index (χ1v) is 6.32. The summed E-state index contributed by atoms with van der Waals surface area (Å²) in [4.78, 5) is 24.8. The number of hydrogen-bond acceptors (Lipinski definition) is 2. The van der Waals surface area contributed by atoms with Crippen LogP contribution in [0.2, 0.25) is 0 Å². The lowest BCUT2D eigenvalue weighted by Gasteiger charge is -2.25. The molecule has 1 aliphatic rings. The Labute approximate surface area is 97.4 Å². The van der Waals surface area contributed by atoms with Gasteiger partial charge >= 0.3 is 11.8 Å². The van der Waals surface area contributed by atoms with Crippen molar-refractivity contribution in [3.05, 3.63) is 0 Å². The number of rotatable bonds is 4. The van der Waals surface area contributed by atoms with Crippen molar-refractivity contribution in [2.75, 3.05) is 19.6 Å². The minimum absolute atomic E-state index is 0.351. The summed E-state index contributed by atoms with van der Waals surface area (Å²) < 4.78 is 0. The predicted molar refractivity (Wildman–Crippen MR) is 63.0 cm³/mol. The van der Waals surface area contributed by atoms with Crippen LogP contribution >= 0.6 is 0 Å². The molecular formula is C12H22N2O2. The van der Waals surface area contributed by atoms with Gasteiger partial charge in [0.1, 0.15) is 0 Å². The fourth-order valence-corrected chi connectivity index (χ4v) is 1.89. The summed E-state index contributed by atoms with van der Waals surface area (Å²) in [7, 11) is 0. The molecule has 1 aliphatic heterocycles. The molecule has 1 rings (SSSR count). The number of carbonyl (C=O) groups is 2. The number of amides is 2. The van der Waals surface area contributed by atoms with Gasteiger partial charge in [-0.05, 0) is 25.7 Å². The summed E-state index contributed by atoms with van der Waals surface area (Å²) in [5, 5.41) is 2.68. The van der Waals surface area contributed by atoms with Crippen molar-refractivity contribution in [2.45, 2.75) is 45.4 Å². The SMILES string of the molecule is CCCCCNC(=O)C(=O)N1CCCCC1. The third-order valence-electron chi connectivity index (χ3n) is 2.90. The lowest BCUT2D eigenvalue weighted by molar-refractivity contribution is -0.146. The van der Waals surface area contributed by atoms with Crippen molar-refractivity contribution >= 4 is 11.8 Å². The van der Waals surface area contributed by atoms with Crippen molar-refractivity contribution in [1.29, 1.82) is 0 Å². The molecule has 0 aliphatic carbocycles. The number of nitrogens with zero attached hydrogens (tertiary/aromatic N) is 1. The van der Waals surface area contributed by atoms with Gasteiger partial charge in [-0.1, -0.05) is 19.8 Å². The van der Waals surface area contributed by atoms with Crippen LogP contribution in [0.25, 0.3) is 0 Å². The second kappa shape index (κ2) is 7.25. The van der Waals surface area contributed by atoms with E-state index in [1.54, 1.807) is 4.90 Å². The molecule has 1 N–H and O–H groups in total. The van der Waals surface area contributed by atoms with Crippen molar-refractivity contribution in [2.24, 2.45) is 0 Å². The smallest absolute Gasteiger partial charge is 0.311 e. The van der Waals surface area contributed by atoms with E-state index in [1.165, 1.54) is 6.42 Å². The third-order valence-corrected chi connectivity index (χ3v) is 2.90. The van der Waals surface area contributed by atoms with Crippen LogP contribution in [0.5, 0.6) is 0 Å². The number of likely N-dealkylation sites (tertiary alicyclic amines) is 1. The fraction of sp³-hybridized carbons (Fsp3) is 0.833. The van der Waals surface area contributed by atoms with Crippen LogP contribution in [0.15, 0.2) is 0 Å². The maximum atomic E-state index is 11.7. The second-order valence-electron chi connectivity index (χ2n) is 4.32. The van der Waals surface area contributed by atoms with Gasteiger partial charge in [0.2, 0.25) is 0 Å². The third kappa shape index (κ3) is 4.21. The molecule has 1 saturated heterocycles.